The lowest BCUT2D eigenvalue weighted by atomic mass is 10.3. The van der Waals surface area contributed by atoms with Gasteiger partial charge >= 0.3 is 6.03 Å². The van der Waals surface area contributed by atoms with Crippen molar-refractivity contribution in [3.8, 4) is 0 Å². The van der Waals surface area contributed by atoms with Crippen LogP contribution in [0.15, 0.2) is 36.4 Å². The predicted octanol–water partition coefficient (Wildman–Crippen LogP) is 1.84. The molecule has 0 atom stereocenters. The molecule has 2 amide bonds. The zero-order chi connectivity index (χ0) is 16.4. The van der Waals surface area contributed by atoms with Crippen LogP contribution in [-0.2, 0) is 0 Å². The number of piperazine rings is 1. The fourth-order valence-electron chi connectivity index (χ4n) is 2.70. The highest BCUT2D eigenvalue weighted by molar-refractivity contribution is 7.16. The van der Waals surface area contributed by atoms with E-state index in [1.165, 1.54) is 6.33 Å². The molecule has 9 heteroatoms. The lowest BCUT2D eigenvalue weighted by molar-refractivity contribution is 0.208. The summed E-state index contributed by atoms with van der Waals surface area (Å²) in [5.41, 5.74) is 0. The van der Waals surface area contributed by atoms with E-state index in [9.17, 15) is 4.79 Å². The van der Waals surface area contributed by atoms with Crippen LogP contribution in [0.5, 0.6) is 0 Å². The summed E-state index contributed by atoms with van der Waals surface area (Å²) < 4.78 is 0. The number of aromatic nitrogens is 4. The molecule has 4 heterocycles. The second-order valence-electron chi connectivity index (χ2n) is 5.34. The Morgan fingerprint density at radius 3 is 2.75 bits per heavy atom. The highest BCUT2D eigenvalue weighted by Gasteiger charge is 2.23. The maximum atomic E-state index is 12.3. The Bertz CT molecular complexity index is 845. The molecule has 1 fully saturated rings. The first-order chi connectivity index (χ1) is 11.8. The molecule has 1 aliphatic heterocycles. The SMILES string of the molecule is O=C(Nc1ccncn1)N1CCN(c2ncnc3sccc23)CC1. The second kappa shape index (κ2) is 6.36. The van der Waals surface area contributed by atoms with Crippen molar-refractivity contribution in [1.82, 2.24) is 24.8 Å². The molecule has 122 valence electrons. The Morgan fingerprint density at radius 2 is 1.96 bits per heavy atom. The molecule has 0 aromatic carbocycles. The smallest absolute Gasteiger partial charge is 0.323 e. The fraction of sp³-hybridized carbons (Fsp3) is 0.267. The minimum absolute atomic E-state index is 0.142. The van der Waals surface area contributed by atoms with Crippen molar-refractivity contribution in [1.29, 1.82) is 0 Å². The van der Waals surface area contributed by atoms with E-state index < -0.39 is 0 Å². The molecule has 1 saturated heterocycles. The largest absolute Gasteiger partial charge is 0.352 e. The fourth-order valence-corrected chi connectivity index (χ4v) is 3.43. The van der Waals surface area contributed by atoms with E-state index >= 15 is 0 Å². The number of fused-ring (bicyclic) bond motifs is 1. The van der Waals surface area contributed by atoms with Gasteiger partial charge in [0.05, 0.1) is 5.39 Å². The Morgan fingerprint density at radius 1 is 1.08 bits per heavy atom. The lowest BCUT2D eigenvalue weighted by Gasteiger charge is -2.35. The second-order valence-corrected chi connectivity index (χ2v) is 6.23. The number of urea groups is 1. The van der Waals surface area contributed by atoms with Gasteiger partial charge in [-0.3, -0.25) is 5.32 Å². The van der Waals surface area contributed by atoms with Crippen LogP contribution >= 0.6 is 11.3 Å². The molecule has 0 radical (unpaired) electrons. The number of hydrogen-bond acceptors (Lipinski definition) is 7. The van der Waals surface area contributed by atoms with Gasteiger partial charge < -0.3 is 9.80 Å². The van der Waals surface area contributed by atoms with E-state index in [1.54, 1.807) is 34.8 Å². The molecule has 1 aliphatic rings. The van der Waals surface area contributed by atoms with Crippen LogP contribution in [-0.4, -0.2) is 57.0 Å². The topological polar surface area (TPSA) is 87.1 Å². The Kier molecular flexibility index (Phi) is 3.91. The summed E-state index contributed by atoms with van der Waals surface area (Å²) in [6.45, 7) is 2.73. The van der Waals surface area contributed by atoms with Crippen molar-refractivity contribution < 1.29 is 4.79 Å². The van der Waals surface area contributed by atoms with Crippen LogP contribution in [0.3, 0.4) is 0 Å². The Labute approximate surface area is 142 Å². The van der Waals surface area contributed by atoms with E-state index in [-0.39, 0.29) is 6.03 Å². The highest BCUT2D eigenvalue weighted by Crippen LogP contribution is 2.27. The van der Waals surface area contributed by atoms with Crippen molar-refractivity contribution in [3.05, 3.63) is 36.4 Å². The molecule has 0 bridgehead atoms. The third-order valence-electron chi connectivity index (χ3n) is 3.92. The monoisotopic (exact) mass is 341 g/mol. The van der Waals surface area contributed by atoms with Gasteiger partial charge in [-0.15, -0.1) is 11.3 Å². The molecule has 0 spiro atoms. The molecule has 8 nitrogen and oxygen atoms in total. The molecule has 1 N–H and O–H groups in total. The summed E-state index contributed by atoms with van der Waals surface area (Å²) in [6.07, 6.45) is 4.61. The van der Waals surface area contributed by atoms with Crippen LogP contribution in [0.25, 0.3) is 10.2 Å². The number of carbonyl (C=O) groups is 1. The number of hydrogen-bond donors (Lipinski definition) is 1. The van der Waals surface area contributed by atoms with E-state index in [0.29, 0.717) is 18.9 Å². The summed E-state index contributed by atoms with van der Waals surface area (Å²) in [4.78, 5) is 33.8. The van der Waals surface area contributed by atoms with Gasteiger partial charge in [-0.1, -0.05) is 0 Å². The minimum Gasteiger partial charge on any atom is -0.352 e. The van der Waals surface area contributed by atoms with Gasteiger partial charge in [-0.2, -0.15) is 0 Å². The molecule has 0 unspecified atom stereocenters. The standard InChI is InChI=1S/C15H15N7OS/c23-15(20-12-1-3-16-9-17-12)22-6-4-21(5-7-22)13-11-2-8-24-14(11)19-10-18-13/h1-3,8-10H,4-7H2,(H,16,17,20,23). The number of anilines is 2. The summed E-state index contributed by atoms with van der Waals surface area (Å²) in [6, 6.07) is 3.57. The quantitative estimate of drug-likeness (QED) is 0.765. The molecule has 0 saturated carbocycles. The van der Waals surface area contributed by atoms with Crippen LogP contribution in [0.1, 0.15) is 0 Å². The average molecular weight is 341 g/mol. The van der Waals surface area contributed by atoms with Crippen molar-refractivity contribution in [2.45, 2.75) is 0 Å². The first kappa shape index (κ1) is 14.8. The van der Waals surface area contributed by atoms with Gasteiger partial charge in [-0.05, 0) is 17.5 Å². The molecule has 3 aromatic rings. The van der Waals surface area contributed by atoms with E-state index in [0.717, 1.165) is 29.1 Å². The normalized spacial score (nSPS) is 14.8. The van der Waals surface area contributed by atoms with Gasteiger partial charge in [0.15, 0.2) is 0 Å². The maximum absolute atomic E-state index is 12.3. The van der Waals surface area contributed by atoms with Crippen LogP contribution in [0.4, 0.5) is 16.4 Å². The number of nitrogens with zero attached hydrogens (tertiary/aromatic N) is 6. The van der Waals surface area contributed by atoms with Gasteiger partial charge in [0.25, 0.3) is 0 Å². The lowest BCUT2D eigenvalue weighted by Crippen LogP contribution is -2.50. The average Bonchev–Trinajstić information content (AvgIpc) is 3.11. The number of amides is 2. The van der Waals surface area contributed by atoms with Gasteiger partial charge in [0.1, 0.15) is 29.1 Å². The third-order valence-corrected chi connectivity index (χ3v) is 4.74. The van der Waals surface area contributed by atoms with E-state index in [4.69, 9.17) is 0 Å². The summed E-state index contributed by atoms with van der Waals surface area (Å²) in [7, 11) is 0. The van der Waals surface area contributed by atoms with Crippen LogP contribution in [0.2, 0.25) is 0 Å². The van der Waals surface area contributed by atoms with Crippen molar-refractivity contribution in [2.24, 2.45) is 0 Å². The highest BCUT2D eigenvalue weighted by atomic mass is 32.1. The van der Waals surface area contributed by atoms with Crippen LogP contribution in [0, 0.1) is 0 Å². The van der Waals surface area contributed by atoms with Crippen LogP contribution < -0.4 is 10.2 Å². The zero-order valence-corrected chi connectivity index (χ0v) is 13.6. The summed E-state index contributed by atoms with van der Waals surface area (Å²) in [5, 5.41) is 5.88. The number of carbonyl (C=O) groups excluding carboxylic acids is 1. The van der Waals surface area contributed by atoms with Crippen molar-refractivity contribution >= 4 is 39.2 Å². The molecular weight excluding hydrogens is 326 g/mol. The Balaban J connectivity index is 1.41. The van der Waals surface area contributed by atoms with Crippen molar-refractivity contribution in [2.75, 3.05) is 36.4 Å². The van der Waals surface area contributed by atoms with Gasteiger partial charge in [0.2, 0.25) is 0 Å². The first-order valence-corrected chi connectivity index (χ1v) is 8.44. The van der Waals surface area contributed by atoms with E-state index in [1.807, 2.05) is 11.4 Å². The van der Waals surface area contributed by atoms with Gasteiger partial charge in [0, 0.05) is 32.4 Å². The predicted molar refractivity (Wildman–Crippen MR) is 92.3 cm³/mol. The molecule has 3 aromatic heterocycles. The van der Waals surface area contributed by atoms with Crippen molar-refractivity contribution in [3.63, 3.8) is 0 Å². The zero-order valence-electron chi connectivity index (χ0n) is 12.8. The number of nitrogens with one attached hydrogen (secondary N) is 1. The molecule has 24 heavy (non-hydrogen) atoms. The van der Waals surface area contributed by atoms with E-state index in [2.05, 4.69) is 30.2 Å². The first-order valence-electron chi connectivity index (χ1n) is 7.56. The number of thiophene rings is 1. The molecule has 4 rings (SSSR count). The maximum Gasteiger partial charge on any atom is 0.323 e. The van der Waals surface area contributed by atoms with Gasteiger partial charge in [-0.25, -0.2) is 24.7 Å². The minimum atomic E-state index is -0.142. The Hall–Kier alpha value is -2.81. The molecule has 0 aliphatic carbocycles. The molecular formula is C15H15N7OS. The summed E-state index contributed by atoms with van der Waals surface area (Å²) >= 11 is 1.61. The summed E-state index contributed by atoms with van der Waals surface area (Å²) in [5.74, 6) is 1.45. The number of rotatable bonds is 2. The third kappa shape index (κ3) is 2.85.